The normalized spacial score (nSPS) is 15.2. The Morgan fingerprint density at radius 2 is 2.08 bits per heavy atom. The minimum atomic E-state index is -4.61. The van der Waals surface area contributed by atoms with Crippen LogP contribution >= 0.6 is 0 Å². The summed E-state index contributed by atoms with van der Waals surface area (Å²) in [7, 11) is 2.72. The van der Waals surface area contributed by atoms with Crippen LogP contribution in [0.25, 0.3) is 16.5 Å². The van der Waals surface area contributed by atoms with Crippen molar-refractivity contribution in [1.82, 2.24) is 20.2 Å². The van der Waals surface area contributed by atoms with E-state index in [2.05, 4.69) is 20.3 Å². The average Bonchev–Trinajstić information content (AvgIpc) is 2.85. The fourth-order valence-corrected chi connectivity index (χ4v) is 4.45. The number of nitrogens with two attached hydrogens (primary N) is 1. The van der Waals surface area contributed by atoms with Gasteiger partial charge in [0.2, 0.25) is 0 Å². The summed E-state index contributed by atoms with van der Waals surface area (Å²) in [6.07, 6.45) is -3.21. The van der Waals surface area contributed by atoms with Gasteiger partial charge in [0.05, 0.1) is 13.7 Å². The number of hydrogen-bond donors (Lipinski definition) is 5. The molecule has 0 atom stereocenters. The molecule has 0 amide bonds. The topological polar surface area (TPSA) is 139 Å². The SMILES string of the molecule is CN/C(=C(\C=N)c1ccc2c(c1)CN(CC(=N)/N=c1\[nH]c(N)nc3c(OC)cccc13)CC2)C(F)(F)F. The largest absolute Gasteiger partial charge is 0.494 e. The number of ether oxygens (including phenoxy) is 1. The highest BCUT2D eigenvalue weighted by Gasteiger charge is 2.36. The number of nitrogen functional groups attached to an aromatic ring is 1. The van der Waals surface area contributed by atoms with Gasteiger partial charge in [0.25, 0.3) is 0 Å². The summed E-state index contributed by atoms with van der Waals surface area (Å²) in [6, 6.07) is 10.5. The fourth-order valence-electron chi connectivity index (χ4n) is 4.45. The molecule has 1 aliphatic heterocycles. The van der Waals surface area contributed by atoms with Crippen LogP contribution < -0.4 is 21.3 Å². The van der Waals surface area contributed by atoms with E-state index in [4.69, 9.17) is 21.3 Å². The van der Waals surface area contributed by atoms with Gasteiger partial charge in [-0.05, 0) is 41.3 Å². The minimum absolute atomic E-state index is 0.0835. The summed E-state index contributed by atoms with van der Waals surface area (Å²) in [5.41, 5.74) is 7.82. The Morgan fingerprint density at radius 1 is 1.30 bits per heavy atom. The number of para-hydroxylation sites is 1. The van der Waals surface area contributed by atoms with E-state index in [0.29, 0.717) is 53.4 Å². The maximum Gasteiger partial charge on any atom is 0.431 e. The van der Waals surface area contributed by atoms with Gasteiger partial charge >= 0.3 is 6.18 Å². The Hall–Kier alpha value is -4.19. The number of H-pyrrole nitrogens is 1. The highest BCUT2D eigenvalue weighted by molar-refractivity contribution is 6.09. The molecule has 37 heavy (non-hydrogen) atoms. The highest BCUT2D eigenvalue weighted by atomic mass is 19.4. The number of nitrogens with zero attached hydrogens (tertiary/aromatic N) is 3. The van der Waals surface area contributed by atoms with Crippen LogP contribution in [0, 0.1) is 10.8 Å². The number of fused-ring (bicyclic) bond motifs is 2. The van der Waals surface area contributed by atoms with Crippen LogP contribution in [0.4, 0.5) is 19.1 Å². The Morgan fingerprint density at radius 3 is 2.76 bits per heavy atom. The van der Waals surface area contributed by atoms with Gasteiger partial charge in [-0.25, -0.2) is 9.98 Å². The second-order valence-corrected chi connectivity index (χ2v) is 8.51. The van der Waals surface area contributed by atoms with Gasteiger partial charge in [-0.3, -0.25) is 10.3 Å². The molecule has 194 valence electrons. The van der Waals surface area contributed by atoms with Crippen molar-refractivity contribution in [2.75, 3.05) is 33.0 Å². The molecule has 6 N–H and O–H groups in total. The maximum absolute atomic E-state index is 13.4. The molecule has 9 nitrogen and oxygen atoms in total. The predicted octanol–water partition coefficient (Wildman–Crippen LogP) is 3.23. The van der Waals surface area contributed by atoms with E-state index in [1.807, 2.05) is 4.90 Å². The Bertz CT molecular complexity index is 1460. The average molecular weight is 513 g/mol. The van der Waals surface area contributed by atoms with Crippen molar-refractivity contribution < 1.29 is 17.9 Å². The molecule has 0 spiro atoms. The lowest BCUT2D eigenvalue weighted by atomic mass is 9.94. The lowest BCUT2D eigenvalue weighted by molar-refractivity contribution is -0.0952. The third-order valence-corrected chi connectivity index (χ3v) is 6.13. The van der Waals surface area contributed by atoms with Gasteiger partial charge in [-0.1, -0.05) is 18.2 Å². The molecule has 0 radical (unpaired) electrons. The lowest BCUT2D eigenvalue weighted by Crippen LogP contribution is -2.35. The number of nitrogens with one attached hydrogen (secondary N) is 4. The van der Waals surface area contributed by atoms with E-state index in [0.717, 1.165) is 11.1 Å². The molecular formula is C25H27F3N8O. The third-order valence-electron chi connectivity index (χ3n) is 6.13. The van der Waals surface area contributed by atoms with Gasteiger partial charge < -0.3 is 26.2 Å². The zero-order valence-electron chi connectivity index (χ0n) is 20.3. The minimum Gasteiger partial charge on any atom is -0.494 e. The van der Waals surface area contributed by atoms with Crippen LogP contribution in [0.5, 0.6) is 5.75 Å². The molecule has 2 aromatic carbocycles. The number of benzene rings is 2. The van der Waals surface area contributed by atoms with Crippen molar-refractivity contribution in [3.8, 4) is 5.75 Å². The van der Waals surface area contributed by atoms with Gasteiger partial charge in [0.1, 0.15) is 28.3 Å². The lowest BCUT2D eigenvalue weighted by Gasteiger charge is -2.28. The molecule has 0 bridgehead atoms. The summed E-state index contributed by atoms with van der Waals surface area (Å²) in [5, 5.41) is 18.9. The molecule has 0 saturated heterocycles. The number of anilines is 1. The number of amidine groups is 1. The Labute approximate surface area is 210 Å². The molecule has 0 aliphatic carbocycles. The monoisotopic (exact) mass is 512 g/mol. The summed E-state index contributed by atoms with van der Waals surface area (Å²) in [4.78, 5) is 13.6. The van der Waals surface area contributed by atoms with E-state index in [1.54, 1.807) is 36.4 Å². The van der Waals surface area contributed by atoms with Crippen molar-refractivity contribution in [2.45, 2.75) is 19.1 Å². The van der Waals surface area contributed by atoms with Crippen LogP contribution in [-0.2, 0) is 13.0 Å². The number of aromatic amines is 1. The number of halogens is 3. The molecule has 1 aliphatic rings. The zero-order valence-corrected chi connectivity index (χ0v) is 20.3. The smallest absolute Gasteiger partial charge is 0.431 e. The van der Waals surface area contributed by atoms with Crippen molar-refractivity contribution in [3.63, 3.8) is 0 Å². The van der Waals surface area contributed by atoms with Crippen LogP contribution in [0.1, 0.15) is 16.7 Å². The van der Waals surface area contributed by atoms with E-state index in [-0.39, 0.29) is 23.9 Å². The quantitative estimate of drug-likeness (QED) is 0.255. The molecular weight excluding hydrogens is 485 g/mol. The summed E-state index contributed by atoms with van der Waals surface area (Å²) in [6.45, 7) is 1.32. The molecule has 3 aromatic rings. The third kappa shape index (κ3) is 5.48. The molecule has 0 saturated carbocycles. The van der Waals surface area contributed by atoms with Gasteiger partial charge in [0.15, 0.2) is 5.95 Å². The van der Waals surface area contributed by atoms with E-state index in [1.165, 1.54) is 14.2 Å². The molecule has 12 heteroatoms. The van der Waals surface area contributed by atoms with Crippen LogP contribution in [-0.4, -0.2) is 60.3 Å². The number of rotatable bonds is 6. The summed E-state index contributed by atoms with van der Waals surface area (Å²) < 4.78 is 45.7. The summed E-state index contributed by atoms with van der Waals surface area (Å²) >= 11 is 0. The van der Waals surface area contributed by atoms with E-state index in [9.17, 15) is 13.2 Å². The van der Waals surface area contributed by atoms with Gasteiger partial charge in [-0.2, -0.15) is 13.2 Å². The highest BCUT2D eigenvalue weighted by Crippen LogP contribution is 2.31. The van der Waals surface area contributed by atoms with E-state index >= 15 is 0 Å². The predicted molar refractivity (Wildman–Crippen MR) is 137 cm³/mol. The van der Waals surface area contributed by atoms with E-state index < -0.39 is 11.9 Å². The molecule has 1 aromatic heterocycles. The van der Waals surface area contributed by atoms with Crippen molar-refractivity contribution in [1.29, 1.82) is 10.8 Å². The second kappa shape index (κ2) is 10.4. The Balaban J connectivity index is 1.60. The van der Waals surface area contributed by atoms with Crippen LogP contribution in [0.3, 0.4) is 0 Å². The number of methoxy groups -OCH3 is 1. The first-order valence-corrected chi connectivity index (χ1v) is 11.4. The molecule has 0 fully saturated rings. The molecule has 4 rings (SSSR count). The van der Waals surface area contributed by atoms with Crippen molar-refractivity contribution >= 4 is 34.5 Å². The standard InChI is InChI=1S/C25H27F3N8O/c1-32-22(25(26,27)28)18(11-29)15-7-6-14-8-9-36(12-16(14)10-15)13-20(30)33-23-17-4-3-5-19(37-2)21(17)34-24(31)35-23/h3-7,10-11,29,32H,8-9,12-13H2,1-2H3,(H4,30,31,33,34,35)/b22-18+,29-11?. The molecule has 0 unspecified atom stereocenters. The van der Waals surface area contributed by atoms with Crippen molar-refractivity contribution in [3.05, 3.63) is 64.3 Å². The van der Waals surface area contributed by atoms with Crippen LogP contribution in [0.15, 0.2) is 47.1 Å². The number of hydrogen-bond acceptors (Lipinski definition) is 7. The maximum atomic E-state index is 13.4. The number of alkyl halides is 3. The molecule has 2 heterocycles. The first-order chi connectivity index (χ1) is 17.6. The first-order valence-electron chi connectivity index (χ1n) is 11.4. The second-order valence-electron chi connectivity index (χ2n) is 8.51. The number of allylic oxidation sites excluding steroid dienone is 2. The number of aromatic nitrogens is 2. The fraction of sp³-hybridized carbons (Fsp3) is 0.280. The van der Waals surface area contributed by atoms with Crippen molar-refractivity contribution in [2.24, 2.45) is 4.99 Å². The zero-order chi connectivity index (χ0) is 26.7. The van der Waals surface area contributed by atoms with Crippen LogP contribution in [0.2, 0.25) is 0 Å². The Kier molecular flexibility index (Phi) is 7.30. The van der Waals surface area contributed by atoms with Gasteiger partial charge in [0, 0.05) is 37.3 Å². The van der Waals surface area contributed by atoms with Gasteiger partial charge in [-0.15, -0.1) is 0 Å². The first kappa shape index (κ1) is 25.9. The summed E-state index contributed by atoms with van der Waals surface area (Å²) in [5.74, 6) is 0.757.